The number of thiazole rings is 1. The molecule has 0 bridgehead atoms. The van der Waals surface area contributed by atoms with E-state index in [0.717, 1.165) is 29.2 Å². The average Bonchev–Trinajstić information content (AvgIpc) is 3.17. The third-order valence-electron chi connectivity index (χ3n) is 4.71. The Morgan fingerprint density at radius 1 is 1.13 bits per heavy atom. The number of aryl methyl sites for hydroxylation is 2. The zero-order valence-corrected chi connectivity index (χ0v) is 20.0. The van der Waals surface area contributed by atoms with E-state index in [1.165, 1.54) is 22.5 Å². The molecule has 0 unspecified atom stereocenters. The van der Waals surface area contributed by atoms with Gasteiger partial charge in [0.15, 0.2) is 0 Å². The Morgan fingerprint density at radius 2 is 1.83 bits per heavy atom. The van der Waals surface area contributed by atoms with Crippen molar-refractivity contribution in [3.05, 3.63) is 80.8 Å². The van der Waals surface area contributed by atoms with Gasteiger partial charge in [-0.15, -0.1) is 36.2 Å². The van der Waals surface area contributed by atoms with Gasteiger partial charge in [0.05, 0.1) is 17.0 Å². The maximum atomic E-state index is 12.6. The smallest absolute Gasteiger partial charge is 0.212 e. The summed E-state index contributed by atoms with van der Waals surface area (Å²) in [6, 6.07) is 13.6. The monoisotopic (exact) mass is 463 g/mol. The molecule has 0 aliphatic carbocycles. The Bertz CT molecular complexity index is 1000. The predicted molar refractivity (Wildman–Crippen MR) is 132 cm³/mol. The summed E-state index contributed by atoms with van der Waals surface area (Å²) >= 11 is 1.54. The van der Waals surface area contributed by atoms with Crippen LogP contribution in [0.2, 0.25) is 0 Å². The first-order valence-electron chi connectivity index (χ1n) is 9.36. The molecule has 0 saturated carbocycles. The van der Waals surface area contributed by atoms with Crippen molar-refractivity contribution in [1.82, 2.24) is 9.88 Å². The Kier molecular flexibility index (Phi) is 10.2. The van der Waals surface area contributed by atoms with Crippen LogP contribution < -0.4 is 0 Å². The van der Waals surface area contributed by atoms with Gasteiger partial charge in [-0.1, -0.05) is 36.4 Å². The molecule has 0 aliphatic heterocycles. The van der Waals surface area contributed by atoms with Gasteiger partial charge in [0.2, 0.25) is 5.78 Å². The molecule has 0 amide bonds. The van der Waals surface area contributed by atoms with Crippen LogP contribution >= 0.6 is 36.2 Å². The highest BCUT2D eigenvalue weighted by Gasteiger charge is 2.14. The van der Waals surface area contributed by atoms with Crippen LogP contribution in [0.25, 0.3) is 0 Å². The van der Waals surface area contributed by atoms with Gasteiger partial charge in [-0.05, 0) is 43.5 Å². The highest BCUT2D eigenvalue weighted by molar-refractivity contribution is 7.09. The van der Waals surface area contributed by atoms with Gasteiger partial charge in [-0.3, -0.25) is 4.79 Å². The zero-order valence-electron chi connectivity index (χ0n) is 17.6. The first kappa shape index (κ1) is 25.8. The Balaban J connectivity index is 0.00000225. The molecule has 7 heteroatoms. The standard InChI is InChI=1S/C23H25N3OS.2ClH/c1-5-26(4)15-24-20-12-16(2)19(11-17(20)3)13-22-25-21(14-28-22)23(27)18-9-7-6-8-10-18;;/h6-12,14-15H,5,13H2,1-4H3;2*1H. The summed E-state index contributed by atoms with van der Waals surface area (Å²) in [5.41, 5.74) is 5.71. The third-order valence-corrected chi connectivity index (χ3v) is 5.56. The normalized spacial score (nSPS) is 10.4. The summed E-state index contributed by atoms with van der Waals surface area (Å²) in [7, 11) is 2.01. The van der Waals surface area contributed by atoms with Crippen LogP contribution in [0.5, 0.6) is 0 Å². The van der Waals surface area contributed by atoms with E-state index in [9.17, 15) is 4.79 Å². The van der Waals surface area contributed by atoms with Gasteiger partial charge >= 0.3 is 0 Å². The SMILES string of the molecule is CCN(C)C=Nc1cc(C)c(Cc2nc(C(=O)c3ccccc3)cs2)cc1C.Cl.Cl. The van der Waals surface area contributed by atoms with E-state index < -0.39 is 0 Å². The summed E-state index contributed by atoms with van der Waals surface area (Å²) in [5.74, 6) is -0.0271. The van der Waals surface area contributed by atoms with Crippen molar-refractivity contribution in [2.75, 3.05) is 13.6 Å². The number of nitrogens with zero attached hydrogens (tertiary/aromatic N) is 3. The molecule has 0 fully saturated rings. The first-order chi connectivity index (χ1) is 13.5. The van der Waals surface area contributed by atoms with Crippen LogP contribution in [0.15, 0.2) is 52.8 Å². The van der Waals surface area contributed by atoms with Gasteiger partial charge in [0.1, 0.15) is 5.69 Å². The third kappa shape index (κ3) is 6.39. The van der Waals surface area contributed by atoms with Gasteiger partial charge in [0.25, 0.3) is 0 Å². The van der Waals surface area contributed by atoms with Crippen molar-refractivity contribution in [2.24, 2.45) is 4.99 Å². The number of carbonyl (C=O) groups is 1. The largest absolute Gasteiger partial charge is 0.366 e. The second-order valence-electron chi connectivity index (χ2n) is 6.88. The van der Waals surface area contributed by atoms with Crippen LogP contribution in [0.1, 0.15) is 44.7 Å². The minimum atomic E-state index is -0.0271. The van der Waals surface area contributed by atoms with E-state index in [1.54, 1.807) is 0 Å². The van der Waals surface area contributed by atoms with E-state index in [-0.39, 0.29) is 30.6 Å². The number of halogens is 2. The molecule has 0 radical (unpaired) electrons. The topological polar surface area (TPSA) is 45.6 Å². The molecule has 0 aliphatic rings. The number of carbonyl (C=O) groups excluding carboxylic acids is 1. The van der Waals surface area contributed by atoms with Crippen molar-refractivity contribution in [3.63, 3.8) is 0 Å². The number of hydrogen-bond donors (Lipinski definition) is 0. The number of rotatable bonds is 7. The number of benzene rings is 2. The zero-order chi connectivity index (χ0) is 20.1. The van der Waals surface area contributed by atoms with E-state index in [4.69, 9.17) is 0 Å². The Morgan fingerprint density at radius 3 is 2.50 bits per heavy atom. The molecule has 1 heterocycles. The molecule has 30 heavy (non-hydrogen) atoms. The van der Waals surface area contributed by atoms with E-state index in [0.29, 0.717) is 11.3 Å². The summed E-state index contributed by atoms with van der Waals surface area (Å²) in [5, 5.41) is 2.80. The molecular weight excluding hydrogens is 437 g/mol. The fourth-order valence-corrected chi connectivity index (χ4v) is 3.63. The highest BCUT2D eigenvalue weighted by atomic mass is 35.5. The fraction of sp³-hybridized carbons (Fsp3) is 0.261. The second kappa shape index (κ2) is 11.8. The molecule has 4 nitrogen and oxygen atoms in total. The molecule has 0 N–H and O–H groups in total. The van der Waals surface area contributed by atoms with Crippen LogP contribution in [0.4, 0.5) is 5.69 Å². The lowest BCUT2D eigenvalue weighted by molar-refractivity contribution is 0.103. The maximum absolute atomic E-state index is 12.6. The van der Waals surface area contributed by atoms with Crippen LogP contribution in [0.3, 0.4) is 0 Å². The Labute approximate surface area is 194 Å². The van der Waals surface area contributed by atoms with Crippen LogP contribution in [-0.4, -0.2) is 35.6 Å². The van der Waals surface area contributed by atoms with E-state index >= 15 is 0 Å². The molecule has 0 atom stereocenters. The summed E-state index contributed by atoms with van der Waals surface area (Å²) < 4.78 is 0. The van der Waals surface area contributed by atoms with E-state index in [1.807, 2.05) is 54.0 Å². The van der Waals surface area contributed by atoms with Gasteiger partial charge in [-0.25, -0.2) is 9.98 Å². The summed E-state index contributed by atoms with van der Waals surface area (Å²) in [4.78, 5) is 23.8. The quantitative estimate of drug-likeness (QED) is 0.243. The minimum absolute atomic E-state index is 0. The summed E-state index contributed by atoms with van der Waals surface area (Å²) in [6.45, 7) is 7.19. The lowest BCUT2D eigenvalue weighted by Crippen LogP contribution is -2.14. The van der Waals surface area contributed by atoms with E-state index in [2.05, 4.69) is 42.9 Å². The number of aromatic nitrogens is 1. The molecule has 3 rings (SSSR count). The van der Waals surface area contributed by atoms with Crippen molar-refractivity contribution >= 4 is 54.0 Å². The predicted octanol–water partition coefficient (Wildman–Crippen LogP) is 6.04. The molecule has 160 valence electrons. The van der Waals surface area contributed by atoms with Crippen molar-refractivity contribution < 1.29 is 4.79 Å². The molecule has 2 aromatic carbocycles. The Hall–Kier alpha value is -2.21. The van der Waals surface area contributed by atoms with Gasteiger partial charge in [0, 0.05) is 31.0 Å². The molecule has 0 spiro atoms. The number of hydrogen-bond acceptors (Lipinski definition) is 4. The number of aliphatic imine (C=N–C) groups is 1. The molecule has 1 aromatic heterocycles. The van der Waals surface area contributed by atoms with Crippen molar-refractivity contribution in [1.29, 1.82) is 0 Å². The van der Waals surface area contributed by atoms with Crippen molar-refractivity contribution in [2.45, 2.75) is 27.2 Å². The average molecular weight is 464 g/mol. The first-order valence-corrected chi connectivity index (χ1v) is 10.2. The lowest BCUT2D eigenvalue weighted by atomic mass is 10.0. The molecule has 0 saturated heterocycles. The number of ketones is 1. The second-order valence-corrected chi connectivity index (χ2v) is 7.82. The summed E-state index contributed by atoms with van der Waals surface area (Å²) in [6.07, 6.45) is 2.59. The minimum Gasteiger partial charge on any atom is -0.366 e. The van der Waals surface area contributed by atoms with Crippen LogP contribution in [-0.2, 0) is 6.42 Å². The van der Waals surface area contributed by atoms with Gasteiger partial charge < -0.3 is 4.90 Å². The van der Waals surface area contributed by atoms with Gasteiger partial charge in [-0.2, -0.15) is 0 Å². The fourth-order valence-electron chi connectivity index (χ4n) is 2.83. The lowest BCUT2D eigenvalue weighted by Gasteiger charge is -2.11. The maximum Gasteiger partial charge on any atom is 0.212 e. The van der Waals surface area contributed by atoms with Crippen molar-refractivity contribution in [3.8, 4) is 0 Å². The van der Waals surface area contributed by atoms with Crippen LogP contribution in [0, 0.1) is 13.8 Å². The molecule has 3 aromatic rings. The highest BCUT2D eigenvalue weighted by Crippen LogP contribution is 2.26. The molecular formula is C23H27Cl2N3OS.